The van der Waals surface area contributed by atoms with Crippen LogP contribution in [0.5, 0.6) is 5.75 Å². The molecule has 0 saturated carbocycles. The maximum atomic E-state index is 13.4. The van der Waals surface area contributed by atoms with E-state index >= 15 is 0 Å². The Labute approximate surface area is 205 Å². The molecule has 1 heterocycles. The van der Waals surface area contributed by atoms with Gasteiger partial charge in [-0.1, -0.05) is 42.5 Å². The molecule has 5 nitrogen and oxygen atoms in total. The van der Waals surface area contributed by atoms with Gasteiger partial charge in [-0.2, -0.15) is 13.2 Å². The number of nitrogens with two attached hydrogens (primary N) is 1. The normalized spacial score (nSPS) is 22.0. The molecule has 192 valence electrons. The van der Waals surface area contributed by atoms with E-state index < -0.39 is 29.5 Å². The van der Waals surface area contributed by atoms with Crippen molar-refractivity contribution in [2.24, 2.45) is 11.7 Å². The molecular formula is C27H35F3N2O3. The summed E-state index contributed by atoms with van der Waals surface area (Å²) in [6.07, 6.45) is -3.15. The molecule has 2 N–H and O–H groups in total. The summed E-state index contributed by atoms with van der Waals surface area (Å²) in [5.74, 6) is -1.40. The van der Waals surface area contributed by atoms with E-state index in [1.807, 2.05) is 30.3 Å². The lowest BCUT2D eigenvalue weighted by Gasteiger charge is -2.50. The first-order valence-electron chi connectivity index (χ1n) is 11.9. The van der Waals surface area contributed by atoms with E-state index in [9.17, 15) is 18.0 Å². The predicted octanol–water partition coefficient (Wildman–Crippen LogP) is 6.36. The SMILES string of the molecule is COc1ccc(C(C)C(F)(F)F)cc1C[C@@H]1CCCN(C(=O)OC(C)(C)C)[C@]1(N)c1ccccc1. The number of carbonyl (C=O) groups is 1. The fraction of sp³-hybridized carbons (Fsp3) is 0.519. The first-order valence-corrected chi connectivity index (χ1v) is 11.9. The molecule has 1 fully saturated rings. The average molecular weight is 493 g/mol. The van der Waals surface area contributed by atoms with Crippen LogP contribution in [-0.2, 0) is 16.8 Å². The maximum Gasteiger partial charge on any atom is 0.412 e. The summed E-state index contributed by atoms with van der Waals surface area (Å²) in [7, 11) is 1.49. The van der Waals surface area contributed by atoms with Crippen molar-refractivity contribution in [3.8, 4) is 5.75 Å². The molecule has 0 aliphatic carbocycles. The summed E-state index contributed by atoms with van der Waals surface area (Å²) in [6, 6.07) is 13.9. The van der Waals surface area contributed by atoms with Crippen LogP contribution in [0.2, 0.25) is 0 Å². The first-order chi connectivity index (χ1) is 16.3. The second-order valence-electron chi connectivity index (χ2n) is 10.2. The number of piperidine rings is 1. The number of likely N-dealkylation sites (tertiary alicyclic amines) is 1. The van der Waals surface area contributed by atoms with Crippen LogP contribution in [0.25, 0.3) is 0 Å². The van der Waals surface area contributed by atoms with Crippen LogP contribution in [0.3, 0.4) is 0 Å². The molecule has 0 radical (unpaired) electrons. The van der Waals surface area contributed by atoms with Gasteiger partial charge in [-0.05, 0) is 69.7 Å². The van der Waals surface area contributed by atoms with Crippen molar-refractivity contribution >= 4 is 6.09 Å². The molecule has 0 bridgehead atoms. The Morgan fingerprint density at radius 2 is 1.83 bits per heavy atom. The molecule has 1 amide bonds. The minimum atomic E-state index is -4.36. The van der Waals surface area contributed by atoms with Gasteiger partial charge >= 0.3 is 12.3 Å². The van der Waals surface area contributed by atoms with Gasteiger partial charge in [0.15, 0.2) is 0 Å². The number of nitrogens with zero attached hydrogens (tertiary/aromatic N) is 1. The number of carbonyl (C=O) groups excluding carboxylic acids is 1. The summed E-state index contributed by atoms with van der Waals surface area (Å²) >= 11 is 0. The molecule has 35 heavy (non-hydrogen) atoms. The lowest BCUT2D eigenvalue weighted by molar-refractivity contribution is -0.146. The van der Waals surface area contributed by atoms with Crippen LogP contribution in [-0.4, -0.2) is 36.4 Å². The first kappa shape index (κ1) is 26.9. The number of ether oxygens (including phenoxy) is 2. The van der Waals surface area contributed by atoms with Gasteiger partial charge in [0, 0.05) is 12.5 Å². The molecule has 2 aromatic rings. The Morgan fingerprint density at radius 1 is 1.17 bits per heavy atom. The fourth-order valence-corrected chi connectivity index (χ4v) is 4.72. The monoisotopic (exact) mass is 492 g/mol. The van der Waals surface area contributed by atoms with Crippen molar-refractivity contribution in [3.63, 3.8) is 0 Å². The van der Waals surface area contributed by atoms with Crippen molar-refractivity contribution in [1.82, 2.24) is 4.90 Å². The molecule has 1 aliphatic rings. The third-order valence-electron chi connectivity index (χ3n) is 6.62. The van der Waals surface area contributed by atoms with Crippen LogP contribution in [0.4, 0.5) is 18.0 Å². The van der Waals surface area contributed by atoms with Crippen molar-refractivity contribution < 1.29 is 27.4 Å². The van der Waals surface area contributed by atoms with Gasteiger partial charge in [0.1, 0.15) is 17.0 Å². The van der Waals surface area contributed by atoms with E-state index in [0.29, 0.717) is 37.1 Å². The van der Waals surface area contributed by atoms with Crippen molar-refractivity contribution in [2.45, 2.75) is 70.3 Å². The maximum absolute atomic E-state index is 13.4. The number of amides is 1. The van der Waals surface area contributed by atoms with E-state index in [1.165, 1.54) is 13.2 Å². The summed E-state index contributed by atoms with van der Waals surface area (Å²) < 4.78 is 51.4. The van der Waals surface area contributed by atoms with Crippen LogP contribution < -0.4 is 10.5 Å². The molecule has 2 aromatic carbocycles. The smallest absolute Gasteiger partial charge is 0.412 e. The lowest BCUT2D eigenvalue weighted by Crippen LogP contribution is -2.63. The Kier molecular flexibility index (Phi) is 7.74. The second-order valence-corrected chi connectivity index (χ2v) is 10.2. The van der Waals surface area contributed by atoms with Crippen molar-refractivity contribution in [2.75, 3.05) is 13.7 Å². The van der Waals surface area contributed by atoms with Crippen LogP contribution >= 0.6 is 0 Å². The van der Waals surface area contributed by atoms with E-state index in [-0.39, 0.29) is 11.5 Å². The van der Waals surface area contributed by atoms with Gasteiger partial charge in [0.25, 0.3) is 0 Å². The number of rotatable bonds is 5. The van der Waals surface area contributed by atoms with Crippen molar-refractivity contribution in [1.29, 1.82) is 0 Å². The molecule has 8 heteroatoms. The average Bonchev–Trinajstić information content (AvgIpc) is 2.78. The molecule has 0 aromatic heterocycles. The highest BCUT2D eigenvalue weighted by Gasteiger charge is 2.48. The number of hydrogen-bond acceptors (Lipinski definition) is 4. The predicted molar refractivity (Wildman–Crippen MR) is 129 cm³/mol. The summed E-state index contributed by atoms with van der Waals surface area (Å²) in [5.41, 5.74) is 6.72. The summed E-state index contributed by atoms with van der Waals surface area (Å²) in [4.78, 5) is 14.8. The third-order valence-corrected chi connectivity index (χ3v) is 6.62. The lowest BCUT2D eigenvalue weighted by atomic mass is 9.75. The van der Waals surface area contributed by atoms with Crippen LogP contribution in [0.15, 0.2) is 48.5 Å². The topological polar surface area (TPSA) is 64.8 Å². The van der Waals surface area contributed by atoms with E-state index in [0.717, 1.165) is 12.5 Å². The minimum absolute atomic E-state index is 0.162. The number of methoxy groups -OCH3 is 1. The van der Waals surface area contributed by atoms with E-state index in [4.69, 9.17) is 15.2 Å². The minimum Gasteiger partial charge on any atom is -0.496 e. The van der Waals surface area contributed by atoms with E-state index in [1.54, 1.807) is 37.8 Å². The van der Waals surface area contributed by atoms with Gasteiger partial charge in [-0.25, -0.2) is 4.79 Å². The highest BCUT2D eigenvalue weighted by Crippen LogP contribution is 2.43. The zero-order valence-corrected chi connectivity index (χ0v) is 21.0. The Balaban J connectivity index is 2.05. The number of benzene rings is 2. The standard InChI is InChI=1S/C27H35F3N2O3/c1-18(27(28,29)30)19-13-14-23(34-5)20(16-19)17-22-12-9-15-32(24(33)35-25(2,3)4)26(22,31)21-10-7-6-8-11-21/h6-8,10-11,13-14,16,18,22H,9,12,15,17,31H2,1-5H3/t18?,22-,26+/m0/s1. The number of alkyl halides is 3. The van der Waals surface area contributed by atoms with Gasteiger partial charge < -0.3 is 15.2 Å². The quantitative estimate of drug-likeness (QED) is 0.527. The molecular weight excluding hydrogens is 457 g/mol. The molecule has 0 spiro atoms. The number of hydrogen-bond donors (Lipinski definition) is 1. The molecule has 3 atom stereocenters. The molecule has 3 rings (SSSR count). The molecule has 1 aliphatic heterocycles. The Hall–Kier alpha value is -2.74. The second kappa shape index (κ2) is 10.1. The molecule has 1 saturated heterocycles. The van der Waals surface area contributed by atoms with Gasteiger partial charge in [0.2, 0.25) is 0 Å². The van der Waals surface area contributed by atoms with Gasteiger partial charge in [0.05, 0.1) is 13.0 Å². The van der Waals surface area contributed by atoms with E-state index in [2.05, 4.69) is 0 Å². The summed E-state index contributed by atoms with van der Waals surface area (Å²) in [5, 5.41) is 0. The fourth-order valence-electron chi connectivity index (χ4n) is 4.72. The molecule has 1 unspecified atom stereocenters. The highest BCUT2D eigenvalue weighted by atomic mass is 19.4. The Bertz CT molecular complexity index is 1020. The van der Waals surface area contributed by atoms with Crippen molar-refractivity contribution in [3.05, 3.63) is 65.2 Å². The number of halogens is 3. The summed E-state index contributed by atoms with van der Waals surface area (Å²) in [6.45, 7) is 6.95. The third kappa shape index (κ3) is 5.92. The highest BCUT2D eigenvalue weighted by molar-refractivity contribution is 5.70. The van der Waals surface area contributed by atoms with Crippen LogP contribution in [0.1, 0.15) is 63.1 Å². The zero-order chi connectivity index (χ0) is 26.0. The zero-order valence-electron chi connectivity index (χ0n) is 21.0. The largest absolute Gasteiger partial charge is 0.496 e. The van der Waals surface area contributed by atoms with Gasteiger partial charge in [-0.3, -0.25) is 4.90 Å². The Morgan fingerprint density at radius 3 is 2.40 bits per heavy atom. The van der Waals surface area contributed by atoms with Crippen LogP contribution in [0, 0.1) is 5.92 Å². The van der Waals surface area contributed by atoms with Gasteiger partial charge in [-0.15, -0.1) is 0 Å².